The molecular formula is C17H19NO3. The number of hydrogen-bond donors (Lipinski definition) is 1. The normalized spacial score (nSPS) is 11.7. The number of rotatable bonds is 6. The van der Waals surface area contributed by atoms with Gasteiger partial charge in [0.2, 0.25) is 0 Å². The lowest BCUT2D eigenvalue weighted by molar-refractivity contribution is -0.143. The van der Waals surface area contributed by atoms with Gasteiger partial charge in [0.05, 0.1) is 13.0 Å². The Hall–Kier alpha value is -2.33. The van der Waals surface area contributed by atoms with Gasteiger partial charge in [0.25, 0.3) is 0 Å². The summed E-state index contributed by atoms with van der Waals surface area (Å²) in [5.74, 6) is 1.16. The first-order valence-electron chi connectivity index (χ1n) is 6.93. The molecule has 2 aromatic carbocycles. The summed E-state index contributed by atoms with van der Waals surface area (Å²) < 4.78 is 10.7. The molecular weight excluding hydrogens is 266 g/mol. The third-order valence-electron chi connectivity index (χ3n) is 2.96. The van der Waals surface area contributed by atoms with E-state index in [2.05, 4.69) is 0 Å². The number of carbonyl (C=O) groups is 1. The maximum Gasteiger partial charge on any atom is 0.307 e. The fourth-order valence-corrected chi connectivity index (χ4v) is 1.95. The topological polar surface area (TPSA) is 61.5 Å². The molecule has 0 radical (unpaired) electrons. The molecule has 21 heavy (non-hydrogen) atoms. The van der Waals surface area contributed by atoms with Crippen LogP contribution in [0.25, 0.3) is 0 Å². The van der Waals surface area contributed by atoms with Crippen LogP contribution in [0.2, 0.25) is 0 Å². The monoisotopic (exact) mass is 285 g/mol. The first-order valence-corrected chi connectivity index (χ1v) is 6.93. The van der Waals surface area contributed by atoms with Crippen molar-refractivity contribution in [2.24, 2.45) is 5.73 Å². The molecule has 0 spiro atoms. The molecule has 0 aromatic heterocycles. The second kappa shape index (κ2) is 7.45. The van der Waals surface area contributed by atoms with Crippen molar-refractivity contribution in [1.29, 1.82) is 0 Å². The van der Waals surface area contributed by atoms with Gasteiger partial charge in [-0.3, -0.25) is 4.79 Å². The maximum atomic E-state index is 11.5. The molecule has 0 saturated heterocycles. The van der Waals surface area contributed by atoms with Crippen LogP contribution < -0.4 is 10.5 Å². The zero-order chi connectivity index (χ0) is 15.1. The number of hydrogen-bond acceptors (Lipinski definition) is 4. The Balaban J connectivity index is 2.05. The predicted molar refractivity (Wildman–Crippen MR) is 81.1 cm³/mol. The number of benzene rings is 2. The van der Waals surface area contributed by atoms with E-state index in [0.29, 0.717) is 12.4 Å². The molecule has 2 aromatic rings. The van der Waals surface area contributed by atoms with E-state index in [-0.39, 0.29) is 12.4 Å². The van der Waals surface area contributed by atoms with Gasteiger partial charge in [-0.25, -0.2) is 0 Å². The lowest BCUT2D eigenvalue weighted by atomic mass is 10.0. The quantitative estimate of drug-likeness (QED) is 0.826. The van der Waals surface area contributed by atoms with Gasteiger partial charge in [0.1, 0.15) is 11.5 Å². The van der Waals surface area contributed by atoms with E-state index in [0.717, 1.165) is 11.3 Å². The van der Waals surface area contributed by atoms with Crippen molar-refractivity contribution in [3.05, 3.63) is 60.2 Å². The number of para-hydroxylation sites is 1. The van der Waals surface area contributed by atoms with Crippen LogP contribution in [0.4, 0.5) is 0 Å². The van der Waals surface area contributed by atoms with Crippen LogP contribution in [0.15, 0.2) is 54.6 Å². The van der Waals surface area contributed by atoms with E-state index in [1.807, 2.05) is 54.6 Å². The molecule has 0 fully saturated rings. The van der Waals surface area contributed by atoms with Crippen LogP contribution >= 0.6 is 0 Å². The van der Waals surface area contributed by atoms with E-state index in [1.54, 1.807) is 6.92 Å². The molecule has 0 saturated carbocycles. The fourth-order valence-electron chi connectivity index (χ4n) is 1.95. The molecule has 0 aliphatic rings. The van der Waals surface area contributed by atoms with Crippen LogP contribution in [-0.4, -0.2) is 12.6 Å². The summed E-state index contributed by atoms with van der Waals surface area (Å²) in [5, 5.41) is 0. The SMILES string of the molecule is CCOC(=O)C[C@H](N)c1cccc(Oc2ccccc2)c1. The van der Waals surface area contributed by atoms with E-state index in [9.17, 15) is 4.79 Å². The first kappa shape index (κ1) is 15.1. The van der Waals surface area contributed by atoms with E-state index in [1.165, 1.54) is 0 Å². The highest BCUT2D eigenvalue weighted by Gasteiger charge is 2.13. The Morgan fingerprint density at radius 1 is 1.10 bits per heavy atom. The molecule has 0 heterocycles. The predicted octanol–water partition coefficient (Wildman–Crippen LogP) is 3.43. The van der Waals surface area contributed by atoms with Crippen molar-refractivity contribution in [3.8, 4) is 11.5 Å². The summed E-state index contributed by atoms with van der Waals surface area (Å²) in [5.41, 5.74) is 6.88. The second-order valence-electron chi connectivity index (χ2n) is 4.60. The third kappa shape index (κ3) is 4.61. The fraction of sp³-hybridized carbons (Fsp3) is 0.235. The standard InChI is InChI=1S/C17H19NO3/c1-2-20-17(19)12-16(18)13-7-6-10-15(11-13)21-14-8-4-3-5-9-14/h3-11,16H,2,12,18H2,1H3/t16-/m0/s1. The molecule has 2 N–H and O–H groups in total. The Morgan fingerprint density at radius 2 is 1.81 bits per heavy atom. The summed E-state index contributed by atoms with van der Waals surface area (Å²) in [7, 11) is 0. The molecule has 0 bridgehead atoms. The second-order valence-corrected chi connectivity index (χ2v) is 4.60. The summed E-state index contributed by atoms with van der Waals surface area (Å²) in [6, 6.07) is 16.5. The summed E-state index contributed by atoms with van der Waals surface area (Å²) >= 11 is 0. The van der Waals surface area contributed by atoms with Crippen molar-refractivity contribution in [1.82, 2.24) is 0 Å². The van der Waals surface area contributed by atoms with Gasteiger partial charge >= 0.3 is 5.97 Å². The van der Waals surface area contributed by atoms with E-state index >= 15 is 0 Å². The highest BCUT2D eigenvalue weighted by molar-refractivity contribution is 5.70. The van der Waals surface area contributed by atoms with Crippen molar-refractivity contribution in [2.75, 3.05) is 6.61 Å². The largest absolute Gasteiger partial charge is 0.466 e. The van der Waals surface area contributed by atoms with Gasteiger partial charge < -0.3 is 15.2 Å². The van der Waals surface area contributed by atoms with Gasteiger partial charge in [-0.2, -0.15) is 0 Å². The zero-order valence-electron chi connectivity index (χ0n) is 12.0. The lowest BCUT2D eigenvalue weighted by Crippen LogP contribution is -2.17. The summed E-state index contributed by atoms with van der Waals surface area (Å²) in [6.45, 7) is 2.14. The molecule has 0 aliphatic carbocycles. The summed E-state index contributed by atoms with van der Waals surface area (Å²) in [4.78, 5) is 11.5. The number of esters is 1. The van der Waals surface area contributed by atoms with Gasteiger partial charge in [0, 0.05) is 6.04 Å². The zero-order valence-corrected chi connectivity index (χ0v) is 12.0. The molecule has 1 atom stereocenters. The Morgan fingerprint density at radius 3 is 2.52 bits per heavy atom. The average molecular weight is 285 g/mol. The van der Waals surface area contributed by atoms with Crippen molar-refractivity contribution in [2.45, 2.75) is 19.4 Å². The lowest BCUT2D eigenvalue weighted by Gasteiger charge is -2.13. The Kier molecular flexibility index (Phi) is 5.35. The van der Waals surface area contributed by atoms with E-state index in [4.69, 9.17) is 15.2 Å². The van der Waals surface area contributed by atoms with Gasteiger partial charge in [-0.15, -0.1) is 0 Å². The molecule has 2 rings (SSSR count). The van der Waals surface area contributed by atoms with Crippen LogP contribution in [-0.2, 0) is 9.53 Å². The minimum Gasteiger partial charge on any atom is -0.466 e. The van der Waals surface area contributed by atoms with Crippen LogP contribution in [0.3, 0.4) is 0 Å². The van der Waals surface area contributed by atoms with Crippen molar-refractivity contribution < 1.29 is 14.3 Å². The number of nitrogens with two attached hydrogens (primary N) is 1. The average Bonchev–Trinajstić information content (AvgIpc) is 2.49. The number of carbonyl (C=O) groups excluding carboxylic acids is 1. The van der Waals surface area contributed by atoms with E-state index < -0.39 is 6.04 Å². The van der Waals surface area contributed by atoms with Crippen LogP contribution in [0.5, 0.6) is 11.5 Å². The van der Waals surface area contributed by atoms with Crippen molar-refractivity contribution >= 4 is 5.97 Å². The Bertz CT molecular complexity index is 584. The first-order chi connectivity index (χ1) is 10.2. The molecule has 4 nitrogen and oxygen atoms in total. The van der Waals surface area contributed by atoms with Crippen LogP contribution in [0, 0.1) is 0 Å². The molecule has 0 aliphatic heterocycles. The third-order valence-corrected chi connectivity index (χ3v) is 2.96. The molecule has 0 amide bonds. The molecule has 0 unspecified atom stereocenters. The van der Waals surface area contributed by atoms with Gasteiger partial charge in [-0.1, -0.05) is 30.3 Å². The summed E-state index contributed by atoms with van der Waals surface area (Å²) in [6.07, 6.45) is 0.155. The van der Waals surface area contributed by atoms with Gasteiger partial charge in [-0.05, 0) is 36.8 Å². The highest BCUT2D eigenvalue weighted by Crippen LogP contribution is 2.24. The molecule has 4 heteroatoms. The molecule has 110 valence electrons. The number of ether oxygens (including phenoxy) is 2. The van der Waals surface area contributed by atoms with Gasteiger partial charge in [0.15, 0.2) is 0 Å². The minimum absolute atomic E-state index is 0.155. The Labute approximate surface area is 124 Å². The van der Waals surface area contributed by atoms with Crippen molar-refractivity contribution in [3.63, 3.8) is 0 Å². The van der Waals surface area contributed by atoms with Crippen LogP contribution in [0.1, 0.15) is 24.9 Å². The highest BCUT2D eigenvalue weighted by atomic mass is 16.5. The minimum atomic E-state index is -0.400. The smallest absolute Gasteiger partial charge is 0.307 e. The maximum absolute atomic E-state index is 11.5.